The SMILES string of the molecule is COc1cccc(OC[C@H](O)CNC(=O)c2cn(CCCc3ccccc3)nn2)c1. The molecule has 1 aromatic heterocycles. The first kappa shape index (κ1) is 21.3. The molecule has 1 heterocycles. The molecule has 0 aliphatic carbocycles. The van der Waals surface area contributed by atoms with E-state index in [-0.39, 0.29) is 24.8 Å². The summed E-state index contributed by atoms with van der Waals surface area (Å²) in [6, 6.07) is 17.3. The number of aliphatic hydroxyl groups excluding tert-OH is 1. The van der Waals surface area contributed by atoms with E-state index >= 15 is 0 Å². The maximum Gasteiger partial charge on any atom is 0.273 e. The van der Waals surface area contributed by atoms with Gasteiger partial charge in [-0.15, -0.1) is 5.10 Å². The van der Waals surface area contributed by atoms with Gasteiger partial charge in [-0.05, 0) is 30.5 Å². The Kier molecular flexibility index (Phi) is 7.79. The van der Waals surface area contributed by atoms with Crippen molar-refractivity contribution in [1.29, 1.82) is 0 Å². The number of carbonyl (C=O) groups excluding carboxylic acids is 1. The predicted molar refractivity (Wildman–Crippen MR) is 112 cm³/mol. The van der Waals surface area contributed by atoms with Crippen molar-refractivity contribution in [3.05, 3.63) is 72.1 Å². The van der Waals surface area contributed by atoms with Crippen LogP contribution in [0.25, 0.3) is 0 Å². The van der Waals surface area contributed by atoms with Crippen molar-refractivity contribution in [2.75, 3.05) is 20.3 Å². The fourth-order valence-electron chi connectivity index (χ4n) is 2.84. The van der Waals surface area contributed by atoms with E-state index < -0.39 is 6.10 Å². The summed E-state index contributed by atoms with van der Waals surface area (Å²) in [5.74, 6) is 0.866. The molecule has 0 spiro atoms. The van der Waals surface area contributed by atoms with Crippen molar-refractivity contribution < 1.29 is 19.4 Å². The van der Waals surface area contributed by atoms with Crippen molar-refractivity contribution in [1.82, 2.24) is 20.3 Å². The fourth-order valence-corrected chi connectivity index (χ4v) is 2.84. The summed E-state index contributed by atoms with van der Waals surface area (Å²) >= 11 is 0. The number of nitrogens with one attached hydrogen (secondary N) is 1. The van der Waals surface area contributed by atoms with Gasteiger partial charge in [0.2, 0.25) is 0 Å². The molecule has 2 aromatic carbocycles. The number of hydrogen-bond acceptors (Lipinski definition) is 6. The zero-order valence-electron chi connectivity index (χ0n) is 16.9. The molecular formula is C22H26N4O4. The molecule has 2 N–H and O–H groups in total. The Balaban J connectivity index is 1.38. The first-order chi connectivity index (χ1) is 14.6. The van der Waals surface area contributed by atoms with Crippen molar-refractivity contribution in [2.45, 2.75) is 25.5 Å². The summed E-state index contributed by atoms with van der Waals surface area (Å²) in [7, 11) is 1.57. The van der Waals surface area contributed by atoms with Crippen LogP contribution in [-0.2, 0) is 13.0 Å². The first-order valence-corrected chi connectivity index (χ1v) is 9.81. The minimum absolute atomic E-state index is 0.0413. The smallest absolute Gasteiger partial charge is 0.273 e. The van der Waals surface area contributed by atoms with Crippen LogP contribution in [-0.4, -0.2) is 52.4 Å². The molecule has 158 valence electrons. The van der Waals surface area contributed by atoms with Crippen molar-refractivity contribution in [3.63, 3.8) is 0 Å². The molecule has 0 fully saturated rings. The minimum atomic E-state index is -0.860. The van der Waals surface area contributed by atoms with E-state index in [0.717, 1.165) is 12.8 Å². The predicted octanol–water partition coefficient (Wildman–Crippen LogP) is 2.09. The van der Waals surface area contributed by atoms with Gasteiger partial charge in [-0.3, -0.25) is 9.48 Å². The van der Waals surface area contributed by atoms with Gasteiger partial charge >= 0.3 is 0 Å². The average molecular weight is 410 g/mol. The topological polar surface area (TPSA) is 98.5 Å². The number of aliphatic hydroxyl groups is 1. The lowest BCUT2D eigenvalue weighted by Gasteiger charge is -2.13. The molecule has 3 rings (SSSR count). The van der Waals surface area contributed by atoms with Crippen molar-refractivity contribution >= 4 is 5.91 Å². The molecule has 1 atom stereocenters. The standard InChI is InChI=1S/C22H26N4O4/c1-29-19-10-5-11-20(13-19)30-16-18(27)14-23-22(28)21-15-26(25-24-21)12-6-9-17-7-3-2-4-8-17/h2-5,7-8,10-11,13,15,18,27H,6,9,12,14,16H2,1H3,(H,23,28)/t18-/m1/s1. The van der Waals surface area contributed by atoms with Gasteiger partial charge in [0.25, 0.3) is 5.91 Å². The molecule has 8 nitrogen and oxygen atoms in total. The van der Waals surface area contributed by atoms with Gasteiger partial charge in [-0.25, -0.2) is 0 Å². The summed E-state index contributed by atoms with van der Waals surface area (Å²) in [4.78, 5) is 12.2. The van der Waals surface area contributed by atoms with E-state index in [2.05, 4.69) is 27.8 Å². The Labute approximate surface area is 175 Å². The average Bonchev–Trinajstić information content (AvgIpc) is 3.26. The summed E-state index contributed by atoms with van der Waals surface area (Å²) < 4.78 is 12.3. The Morgan fingerprint density at radius 3 is 2.77 bits per heavy atom. The van der Waals surface area contributed by atoms with Crippen LogP contribution in [0.5, 0.6) is 11.5 Å². The van der Waals surface area contributed by atoms with Gasteiger partial charge in [0.1, 0.15) is 24.2 Å². The highest BCUT2D eigenvalue weighted by atomic mass is 16.5. The van der Waals surface area contributed by atoms with E-state index in [1.165, 1.54) is 5.56 Å². The van der Waals surface area contributed by atoms with Crippen LogP contribution in [0.2, 0.25) is 0 Å². The van der Waals surface area contributed by atoms with E-state index in [9.17, 15) is 9.90 Å². The Morgan fingerprint density at radius 1 is 1.17 bits per heavy atom. The van der Waals surface area contributed by atoms with E-state index in [1.54, 1.807) is 42.3 Å². The quantitative estimate of drug-likeness (QED) is 0.502. The lowest BCUT2D eigenvalue weighted by atomic mass is 10.1. The van der Waals surface area contributed by atoms with Gasteiger partial charge in [0.05, 0.1) is 13.3 Å². The van der Waals surface area contributed by atoms with Crippen LogP contribution in [0.3, 0.4) is 0 Å². The number of amides is 1. The monoisotopic (exact) mass is 410 g/mol. The molecule has 8 heteroatoms. The number of ether oxygens (including phenoxy) is 2. The largest absolute Gasteiger partial charge is 0.497 e. The molecule has 0 aliphatic rings. The number of methoxy groups -OCH3 is 1. The van der Waals surface area contributed by atoms with Crippen LogP contribution in [0.1, 0.15) is 22.5 Å². The van der Waals surface area contributed by atoms with Gasteiger partial charge in [0.15, 0.2) is 5.69 Å². The van der Waals surface area contributed by atoms with E-state index in [4.69, 9.17) is 9.47 Å². The molecule has 0 aliphatic heterocycles. The second kappa shape index (κ2) is 11.0. The Bertz CT molecular complexity index is 930. The molecule has 0 saturated carbocycles. The van der Waals surface area contributed by atoms with E-state index in [0.29, 0.717) is 18.0 Å². The zero-order chi connectivity index (χ0) is 21.2. The molecule has 3 aromatic rings. The lowest BCUT2D eigenvalue weighted by molar-refractivity contribution is 0.0839. The van der Waals surface area contributed by atoms with Crippen LogP contribution >= 0.6 is 0 Å². The molecule has 0 saturated heterocycles. The summed E-state index contributed by atoms with van der Waals surface area (Å²) in [6.07, 6.45) is 2.58. The van der Waals surface area contributed by atoms with E-state index in [1.807, 2.05) is 18.2 Å². The number of aromatic nitrogens is 3. The summed E-state index contributed by atoms with van der Waals surface area (Å²) in [5.41, 5.74) is 1.48. The van der Waals surface area contributed by atoms with Crippen LogP contribution in [0, 0.1) is 0 Å². The lowest BCUT2D eigenvalue weighted by Crippen LogP contribution is -2.35. The Morgan fingerprint density at radius 2 is 1.97 bits per heavy atom. The summed E-state index contributed by atoms with van der Waals surface area (Å²) in [6.45, 7) is 0.759. The maximum atomic E-state index is 12.2. The highest BCUT2D eigenvalue weighted by molar-refractivity contribution is 5.91. The number of nitrogens with zero attached hydrogens (tertiary/aromatic N) is 3. The summed E-state index contributed by atoms with van der Waals surface area (Å²) in [5, 5.41) is 20.6. The number of benzene rings is 2. The number of hydrogen-bond donors (Lipinski definition) is 2. The van der Waals surface area contributed by atoms with Gasteiger partial charge in [0, 0.05) is 19.2 Å². The highest BCUT2D eigenvalue weighted by Gasteiger charge is 2.13. The molecule has 1 amide bonds. The molecule has 0 unspecified atom stereocenters. The van der Waals surface area contributed by atoms with Gasteiger partial charge in [-0.2, -0.15) is 0 Å². The molecule has 0 bridgehead atoms. The van der Waals surface area contributed by atoms with Gasteiger partial charge in [-0.1, -0.05) is 41.6 Å². The third-order valence-electron chi connectivity index (χ3n) is 4.45. The maximum absolute atomic E-state index is 12.2. The number of rotatable bonds is 11. The second-order valence-electron chi connectivity index (χ2n) is 6.81. The molecule has 0 radical (unpaired) electrons. The number of aryl methyl sites for hydroxylation is 2. The van der Waals surface area contributed by atoms with Gasteiger partial charge < -0.3 is 19.9 Å². The normalized spacial score (nSPS) is 11.7. The van der Waals surface area contributed by atoms with Crippen LogP contribution < -0.4 is 14.8 Å². The second-order valence-corrected chi connectivity index (χ2v) is 6.81. The Hall–Kier alpha value is -3.39. The van der Waals surface area contributed by atoms with Crippen molar-refractivity contribution in [2.24, 2.45) is 0 Å². The first-order valence-electron chi connectivity index (χ1n) is 9.81. The van der Waals surface area contributed by atoms with Crippen LogP contribution in [0.15, 0.2) is 60.8 Å². The zero-order valence-corrected chi connectivity index (χ0v) is 16.9. The third-order valence-corrected chi connectivity index (χ3v) is 4.45. The highest BCUT2D eigenvalue weighted by Crippen LogP contribution is 2.18. The van der Waals surface area contributed by atoms with Crippen LogP contribution in [0.4, 0.5) is 0 Å². The minimum Gasteiger partial charge on any atom is -0.497 e. The third kappa shape index (κ3) is 6.59. The fraction of sp³-hybridized carbons (Fsp3) is 0.318. The van der Waals surface area contributed by atoms with Crippen molar-refractivity contribution in [3.8, 4) is 11.5 Å². The molecule has 30 heavy (non-hydrogen) atoms. The molecular weight excluding hydrogens is 384 g/mol. The number of carbonyl (C=O) groups is 1.